The van der Waals surface area contributed by atoms with Crippen molar-refractivity contribution in [3.8, 4) is 16.9 Å². The smallest absolute Gasteiger partial charge is 0.153 e. The summed E-state index contributed by atoms with van der Waals surface area (Å²) in [6.07, 6.45) is 0. The van der Waals surface area contributed by atoms with Gasteiger partial charge in [0, 0.05) is 5.56 Å². The minimum absolute atomic E-state index is 0.506. The molecular formula is C14H13N3O. The van der Waals surface area contributed by atoms with Crippen molar-refractivity contribution in [2.45, 2.75) is 0 Å². The van der Waals surface area contributed by atoms with Crippen molar-refractivity contribution in [1.29, 1.82) is 0 Å². The van der Waals surface area contributed by atoms with Crippen LogP contribution in [-0.4, -0.2) is 17.3 Å². The molecule has 4 nitrogen and oxygen atoms in total. The fourth-order valence-electron chi connectivity index (χ4n) is 2.19. The molecule has 1 aromatic heterocycles. The Labute approximate surface area is 104 Å². The van der Waals surface area contributed by atoms with Crippen molar-refractivity contribution in [3.05, 3.63) is 42.5 Å². The van der Waals surface area contributed by atoms with E-state index >= 15 is 0 Å². The summed E-state index contributed by atoms with van der Waals surface area (Å²) in [6.45, 7) is 0. The van der Waals surface area contributed by atoms with Crippen LogP contribution in [-0.2, 0) is 0 Å². The molecule has 0 radical (unpaired) electrons. The number of aromatic amines is 1. The van der Waals surface area contributed by atoms with Crippen LogP contribution in [0.5, 0.6) is 5.75 Å². The Morgan fingerprint density at radius 1 is 1.06 bits per heavy atom. The molecular weight excluding hydrogens is 226 g/mol. The number of nitrogens with zero attached hydrogens (tertiary/aromatic N) is 1. The van der Waals surface area contributed by atoms with Crippen molar-refractivity contribution < 1.29 is 4.74 Å². The average Bonchev–Trinajstić information content (AvgIpc) is 2.81. The standard InChI is InChI=1S/C14H13N3O/c1-18-12-8-3-2-5-9(12)10-6-4-7-11-13(10)14(15)17-16-11/h2-8H,1H3,(H3,15,16,17). The zero-order valence-corrected chi connectivity index (χ0v) is 9.97. The molecule has 0 amide bonds. The van der Waals surface area contributed by atoms with E-state index in [2.05, 4.69) is 10.2 Å². The molecule has 0 spiro atoms. The Morgan fingerprint density at radius 3 is 2.67 bits per heavy atom. The van der Waals surface area contributed by atoms with Crippen LogP contribution >= 0.6 is 0 Å². The second-order valence-corrected chi connectivity index (χ2v) is 4.04. The van der Waals surface area contributed by atoms with E-state index in [1.54, 1.807) is 7.11 Å². The van der Waals surface area contributed by atoms with Crippen LogP contribution in [0.1, 0.15) is 0 Å². The number of ether oxygens (including phenoxy) is 1. The number of hydrogen-bond acceptors (Lipinski definition) is 3. The van der Waals surface area contributed by atoms with Crippen molar-refractivity contribution in [2.24, 2.45) is 0 Å². The van der Waals surface area contributed by atoms with Crippen LogP contribution in [0.4, 0.5) is 5.82 Å². The van der Waals surface area contributed by atoms with Gasteiger partial charge in [0.1, 0.15) is 5.75 Å². The van der Waals surface area contributed by atoms with Crippen LogP contribution in [0.25, 0.3) is 22.0 Å². The summed E-state index contributed by atoms with van der Waals surface area (Å²) >= 11 is 0. The molecule has 0 saturated carbocycles. The molecule has 0 bridgehead atoms. The topological polar surface area (TPSA) is 63.9 Å². The van der Waals surface area contributed by atoms with Crippen molar-refractivity contribution in [2.75, 3.05) is 12.8 Å². The highest BCUT2D eigenvalue weighted by atomic mass is 16.5. The van der Waals surface area contributed by atoms with E-state index in [-0.39, 0.29) is 0 Å². The maximum atomic E-state index is 5.92. The number of H-pyrrole nitrogens is 1. The minimum atomic E-state index is 0.506. The molecule has 18 heavy (non-hydrogen) atoms. The molecule has 0 unspecified atom stereocenters. The first kappa shape index (κ1) is 10.7. The van der Waals surface area contributed by atoms with Gasteiger partial charge in [0.15, 0.2) is 5.82 Å². The molecule has 0 aliphatic heterocycles. The van der Waals surface area contributed by atoms with E-state index in [9.17, 15) is 0 Å². The largest absolute Gasteiger partial charge is 0.496 e. The van der Waals surface area contributed by atoms with Gasteiger partial charge in [0.2, 0.25) is 0 Å². The van der Waals surface area contributed by atoms with Gasteiger partial charge in [-0.25, -0.2) is 0 Å². The molecule has 3 rings (SSSR count). The molecule has 1 heterocycles. The van der Waals surface area contributed by atoms with Crippen molar-refractivity contribution in [3.63, 3.8) is 0 Å². The summed E-state index contributed by atoms with van der Waals surface area (Å²) in [6, 6.07) is 13.8. The first-order valence-corrected chi connectivity index (χ1v) is 5.67. The van der Waals surface area contributed by atoms with Gasteiger partial charge >= 0.3 is 0 Å². The average molecular weight is 239 g/mol. The third kappa shape index (κ3) is 1.50. The van der Waals surface area contributed by atoms with Crippen LogP contribution in [0.15, 0.2) is 42.5 Å². The Hall–Kier alpha value is -2.49. The summed E-state index contributed by atoms with van der Waals surface area (Å²) in [5.74, 6) is 1.33. The number of anilines is 1. The molecule has 2 aromatic carbocycles. The highest BCUT2D eigenvalue weighted by Crippen LogP contribution is 2.36. The van der Waals surface area contributed by atoms with Gasteiger partial charge in [-0.2, -0.15) is 5.10 Å². The van der Waals surface area contributed by atoms with Crippen molar-refractivity contribution in [1.82, 2.24) is 10.2 Å². The predicted molar refractivity (Wildman–Crippen MR) is 72.5 cm³/mol. The molecule has 4 heteroatoms. The van der Waals surface area contributed by atoms with Gasteiger partial charge in [-0.3, -0.25) is 5.10 Å². The van der Waals surface area contributed by atoms with E-state index in [0.717, 1.165) is 27.8 Å². The molecule has 0 aliphatic rings. The number of para-hydroxylation sites is 1. The maximum absolute atomic E-state index is 5.92. The molecule has 90 valence electrons. The summed E-state index contributed by atoms with van der Waals surface area (Å²) < 4.78 is 5.39. The third-order valence-corrected chi connectivity index (χ3v) is 3.01. The number of nitrogens with two attached hydrogens (primary N) is 1. The molecule has 0 aliphatic carbocycles. The van der Waals surface area contributed by atoms with Crippen LogP contribution < -0.4 is 10.5 Å². The minimum Gasteiger partial charge on any atom is -0.496 e. The second-order valence-electron chi connectivity index (χ2n) is 4.04. The zero-order valence-electron chi connectivity index (χ0n) is 9.97. The number of benzene rings is 2. The Morgan fingerprint density at radius 2 is 1.83 bits per heavy atom. The van der Waals surface area contributed by atoms with Gasteiger partial charge in [0.25, 0.3) is 0 Å². The number of fused-ring (bicyclic) bond motifs is 1. The van der Waals surface area contributed by atoms with E-state index in [1.165, 1.54) is 0 Å². The van der Waals surface area contributed by atoms with E-state index < -0.39 is 0 Å². The molecule has 3 aromatic rings. The van der Waals surface area contributed by atoms with E-state index in [1.807, 2.05) is 42.5 Å². The molecule has 0 saturated heterocycles. The van der Waals surface area contributed by atoms with Gasteiger partial charge in [-0.1, -0.05) is 30.3 Å². The third-order valence-electron chi connectivity index (χ3n) is 3.01. The van der Waals surface area contributed by atoms with E-state index in [0.29, 0.717) is 5.82 Å². The Bertz CT molecular complexity index is 703. The summed E-state index contributed by atoms with van der Waals surface area (Å²) in [7, 11) is 1.66. The fourth-order valence-corrected chi connectivity index (χ4v) is 2.19. The maximum Gasteiger partial charge on any atom is 0.153 e. The predicted octanol–water partition coefficient (Wildman–Crippen LogP) is 2.82. The lowest BCUT2D eigenvalue weighted by molar-refractivity contribution is 0.416. The molecule has 0 fully saturated rings. The molecule has 3 N–H and O–H groups in total. The van der Waals surface area contributed by atoms with E-state index in [4.69, 9.17) is 10.5 Å². The summed E-state index contributed by atoms with van der Waals surface area (Å²) in [5, 5.41) is 7.90. The van der Waals surface area contributed by atoms with Crippen LogP contribution in [0.3, 0.4) is 0 Å². The number of aromatic nitrogens is 2. The number of nitrogens with one attached hydrogen (secondary N) is 1. The first-order valence-electron chi connectivity index (χ1n) is 5.67. The normalized spacial score (nSPS) is 10.7. The highest BCUT2D eigenvalue weighted by molar-refractivity contribution is 6.02. The highest BCUT2D eigenvalue weighted by Gasteiger charge is 2.12. The van der Waals surface area contributed by atoms with Gasteiger partial charge in [-0.05, 0) is 17.7 Å². The summed E-state index contributed by atoms with van der Waals surface area (Å²) in [5.41, 5.74) is 8.89. The fraction of sp³-hybridized carbons (Fsp3) is 0.0714. The lowest BCUT2D eigenvalue weighted by Crippen LogP contribution is -1.90. The van der Waals surface area contributed by atoms with Crippen molar-refractivity contribution >= 4 is 16.7 Å². The Kier molecular flexibility index (Phi) is 2.41. The quantitative estimate of drug-likeness (QED) is 0.722. The monoisotopic (exact) mass is 239 g/mol. The number of rotatable bonds is 2. The van der Waals surface area contributed by atoms with Gasteiger partial charge in [-0.15, -0.1) is 0 Å². The number of hydrogen-bond donors (Lipinski definition) is 2. The van der Waals surface area contributed by atoms with Gasteiger partial charge in [0.05, 0.1) is 18.0 Å². The zero-order chi connectivity index (χ0) is 12.5. The number of methoxy groups -OCH3 is 1. The van der Waals surface area contributed by atoms with Crippen LogP contribution in [0, 0.1) is 0 Å². The van der Waals surface area contributed by atoms with Crippen LogP contribution in [0.2, 0.25) is 0 Å². The SMILES string of the molecule is COc1ccccc1-c1cccc2[nH]nc(N)c12. The summed E-state index contributed by atoms with van der Waals surface area (Å²) in [4.78, 5) is 0. The first-order chi connectivity index (χ1) is 8.81. The lowest BCUT2D eigenvalue weighted by Gasteiger charge is -2.09. The van der Waals surface area contributed by atoms with Gasteiger partial charge < -0.3 is 10.5 Å². The second kappa shape index (κ2) is 4.07. The number of nitrogen functional groups attached to an aromatic ring is 1. The lowest BCUT2D eigenvalue weighted by atomic mass is 10.0. The Balaban J connectivity index is 2.34. The molecule has 0 atom stereocenters.